The molecule has 0 atom stereocenters. The Balaban J connectivity index is 0.000000861. The molecule has 0 spiro atoms. The van der Waals surface area contributed by atoms with Gasteiger partial charge in [-0.25, -0.2) is 0 Å². The van der Waals surface area contributed by atoms with Gasteiger partial charge in [0.2, 0.25) is 5.91 Å². The third kappa shape index (κ3) is 4.21. The van der Waals surface area contributed by atoms with Crippen LogP contribution in [-0.4, -0.2) is 42.5 Å². The summed E-state index contributed by atoms with van der Waals surface area (Å²) in [6, 6.07) is 0. The molecule has 0 radical (unpaired) electrons. The van der Waals surface area contributed by atoms with Crippen LogP contribution < -0.4 is 5.23 Å². The Hall–Kier alpha value is -0.545. The summed E-state index contributed by atoms with van der Waals surface area (Å²) in [4.78, 5) is 14.6. The summed E-state index contributed by atoms with van der Waals surface area (Å²) in [7, 11) is -0.526. The SMILES string of the molecule is CB(O)NCC1(C(=O)N2CCCCC2)CCC1.CC. The zero-order valence-corrected chi connectivity index (χ0v) is 12.7. The van der Waals surface area contributed by atoms with Crippen molar-refractivity contribution in [1.82, 2.24) is 10.1 Å². The molecule has 0 bridgehead atoms. The van der Waals surface area contributed by atoms with E-state index in [1.165, 1.54) is 6.42 Å². The summed E-state index contributed by atoms with van der Waals surface area (Å²) >= 11 is 0. The van der Waals surface area contributed by atoms with Gasteiger partial charge in [0.1, 0.15) is 0 Å². The number of piperidine rings is 1. The minimum absolute atomic E-state index is 0.214. The Morgan fingerprint density at radius 2 is 1.79 bits per heavy atom. The second-order valence-electron chi connectivity index (χ2n) is 5.54. The van der Waals surface area contributed by atoms with Crippen molar-refractivity contribution in [1.29, 1.82) is 0 Å². The standard InChI is InChI=1S/C12H23BN2O2.C2H6/c1-13(17)14-10-12(6-5-7-12)11(16)15-8-3-2-4-9-15;1-2/h14,17H,2-10H2,1H3;1-2H3. The van der Waals surface area contributed by atoms with Crippen molar-refractivity contribution in [2.45, 2.75) is 59.2 Å². The summed E-state index contributed by atoms with van der Waals surface area (Å²) in [6.45, 7) is 8.18. The molecule has 2 aliphatic rings. The van der Waals surface area contributed by atoms with Crippen molar-refractivity contribution in [2.75, 3.05) is 19.6 Å². The number of likely N-dealkylation sites (tertiary alicyclic amines) is 1. The van der Waals surface area contributed by atoms with Gasteiger partial charge in [-0.1, -0.05) is 20.3 Å². The van der Waals surface area contributed by atoms with Crippen LogP contribution in [-0.2, 0) is 4.79 Å². The largest absolute Gasteiger partial charge is 0.437 e. The molecule has 5 heteroatoms. The van der Waals surface area contributed by atoms with Gasteiger partial charge in [-0.2, -0.15) is 0 Å². The highest BCUT2D eigenvalue weighted by molar-refractivity contribution is 6.45. The van der Waals surface area contributed by atoms with E-state index in [-0.39, 0.29) is 5.41 Å². The second-order valence-corrected chi connectivity index (χ2v) is 5.54. The Kier molecular flexibility index (Phi) is 6.87. The van der Waals surface area contributed by atoms with Crippen LogP contribution in [0.5, 0.6) is 0 Å². The van der Waals surface area contributed by atoms with Crippen molar-refractivity contribution in [3.05, 3.63) is 0 Å². The molecule has 1 heterocycles. The Morgan fingerprint density at radius 1 is 1.21 bits per heavy atom. The molecule has 1 aliphatic carbocycles. The Labute approximate surface area is 118 Å². The Morgan fingerprint density at radius 3 is 2.21 bits per heavy atom. The average Bonchev–Trinajstić information content (AvgIpc) is 2.40. The zero-order valence-electron chi connectivity index (χ0n) is 12.7. The van der Waals surface area contributed by atoms with Gasteiger partial charge in [0, 0.05) is 19.6 Å². The first kappa shape index (κ1) is 16.5. The predicted molar refractivity (Wildman–Crippen MR) is 79.9 cm³/mol. The van der Waals surface area contributed by atoms with Crippen molar-refractivity contribution in [3.8, 4) is 0 Å². The minimum atomic E-state index is -0.526. The van der Waals surface area contributed by atoms with E-state index in [0.717, 1.165) is 45.2 Å². The van der Waals surface area contributed by atoms with Gasteiger partial charge in [-0.3, -0.25) is 4.79 Å². The third-order valence-electron chi connectivity index (χ3n) is 4.14. The highest BCUT2D eigenvalue weighted by Crippen LogP contribution is 2.42. The lowest BCUT2D eigenvalue weighted by Crippen LogP contribution is -2.55. The summed E-state index contributed by atoms with van der Waals surface area (Å²) in [5.74, 6) is 0.316. The van der Waals surface area contributed by atoms with E-state index in [9.17, 15) is 9.82 Å². The van der Waals surface area contributed by atoms with Crippen molar-refractivity contribution >= 4 is 13.0 Å². The van der Waals surface area contributed by atoms with Crippen LogP contribution >= 0.6 is 0 Å². The molecule has 1 aliphatic heterocycles. The molecular weight excluding hydrogens is 239 g/mol. The predicted octanol–water partition coefficient (Wildman–Crippen LogP) is 1.90. The van der Waals surface area contributed by atoms with Crippen LogP contribution in [0.1, 0.15) is 52.4 Å². The minimum Gasteiger partial charge on any atom is -0.437 e. The first-order valence-electron chi connectivity index (χ1n) is 7.85. The van der Waals surface area contributed by atoms with Gasteiger partial charge < -0.3 is 15.2 Å². The molecule has 0 unspecified atom stereocenters. The quantitative estimate of drug-likeness (QED) is 0.766. The number of hydrogen-bond acceptors (Lipinski definition) is 3. The first-order valence-corrected chi connectivity index (χ1v) is 7.85. The van der Waals surface area contributed by atoms with E-state index in [0.29, 0.717) is 12.5 Å². The van der Waals surface area contributed by atoms with Crippen LogP contribution in [0.4, 0.5) is 0 Å². The fraction of sp³-hybridized carbons (Fsp3) is 0.929. The fourth-order valence-corrected chi connectivity index (χ4v) is 2.85. The normalized spacial score (nSPS) is 20.9. The van der Waals surface area contributed by atoms with E-state index in [1.807, 2.05) is 18.7 Å². The number of nitrogens with one attached hydrogen (secondary N) is 1. The maximum Gasteiger partial charge on any atom is 0.373 e. The molecule has 110 valence electrons. The van der Waals surface area contributed by atoms with Crippen molar-refractivity contribution in [3.63, 3.8) is 0 Å². The van der Waals surface area contributed by atoms with Gasteiger partial charge in [-0.05, 0) is 38.9 Å². The molecule has 1 saturated carbocycles. The number of hydrogen-bond donors (Lipinski definition) is 2. The average molecular weight is 268 g/mol. The van der Waals surface area contributed by atoms with Crippen LogP contribution in [0, 0.1) is 5.41 Å². The Bertz CT molecular complexity index is 275. The molecule has 0 aromatic heterocycles. The van der Waals surface area contributed by atoms with Crippen molar-refractivity contribution in [2.24, 2.45) is 5.41 Å². The molecule has 0 aromatic rings. The molecule has 1 amide bonds. The lowest BCUT2D eigenvalue weighted by atomic mass is 9.66. The van der Waals surface area contributed by atoms with E-state index in [2.05, 4.69) is 5.23 Å². The lowest BCUT2D eigenvalue weighted by molar-refractivity contribution is -0.147. The van der Waals surface area contributed by atoms with Gasteiger partial charge >= 0.3 is 7.05 Å². The summed E-state index contributed by atoms with van der Waals surface area (Å²) in [5, 5.41) is 12.3. The fourth-order valence-electron chi connectivity index (χ4n) is 2.85. The van der Waals surface area contributed by atoms with Gasteiger partial charge in [0.15, 0.2) is 0 Å². The number of carbonyl (C=O) groups excluding carboxylic acids is 1. The van der Waals surface area contributed by atoms with Crippen LogP contribution in [0.15, 0.2) is 0 Å². The molecule has 0 aromatic carbocycles. The molecule has 2 N–H and O–H groups in total. The highest BCUT2D eigenvalue weighted by atomic mass is 16.2. The van der Waals surface area contributed by atoms with Crippen molar-refractivity contribution < 1.29 is 9.82 Å². The molecule has 2 rings (SSSR count). The highest BCUT2D eigenvalue weighted by Gasteiger charge is 2.46. The third-order valence-corrected chi connectivity index (χ3v) is 4.14. The lowest BCUT2D eigenvalue weighted by Gasteiger charge is -2.44. The van der Waals surface area contributed by atoms with Gasteiger partial charge in [-0.15, -0.1) is 0 Å². The maximum absolute atomic E-state index is 12.5. The number of carbonyl (C=O) groups is 1. The van der Waals surface area contributed by atoms with E-state index < -0.39 is 7.05 Å². The van der Waals surface area contributed by atoms with E-state index in [4.69, 9.17) is 0 Å². The van der Waals surface area contributed by atoms with Gasteiger partial charge in [0.25, 0.3) is 0 Å². The number of nitrogens with zero attached hydrogens (tertiary/aromatic N) is 1. The molecular formula is C14H29BN2O2. The molecule has 4 nitrogen and oxygen atoms in total. The summed E-state index contributed by atoms with van der Waals surface area (Å²) in [5.41, 5.74) is -0.214. The first-order chi connectivity index (χ1) is 9.14. The van der Waals surface area contributed by atoms with Gasteiger partial charge in [0.05, 0.1) is 5.41 Å². The summed E-state index contributed by atoms with van der Waals surface area (Å²) in [6.07, 6.45) is 6.63. The number of rotatable bonds is 4. The van der Waals surface area contributed by atoms with E-state index >= 15 is 0 Å². The van der Waals surface area contributed by atoms with Crippen LogP contribution in [0.3, 0.4) is 0 Å². The topological polar surface area (TPSA) is 52.6 Å². The number of amides is 1. The van der Waals surface area contributed by atoms with Crippen LogP contribution in [0.25, 0.3) is 0 Å². The summed E-state index contributed by atoms with van der Waals surface area (Å²) < 4.78 is 0. The monoisotopic (exact) mass is 268 g/mol. The second kappa shape index (κ2) is 7.90. The molecule has 1 saturated heterocycles. The molecule has 2 fully saturated rings. The maximum atomic E-state index is 12.5. The van der Waals surface area contributed by atoms with Crippen LogP contribution in [0.2, 0.25) is 6.82 Å². The molecule has 19 heavy (non-hydrogen) atoms. The smallest absolute Gasteiger partial charge is 0.373 e. The van der Waals surface area contributed by atoms with E-state index in [1.54, 1.807) is 6.82 Å². The zero-order chi connectivity index (χ0) is 14.3.